The lowest BCUT2D eigenvalue weighted by molar-refractivity contribution is -0.473. The number of hydrogen-bond acceptors (Lipinski definition) is 1. The Kier molecular flexibility index (Phi) is 3.61. The lowest BCUT2D eigenvalue weighted by Crippen LogP contribution is -2.18. The van der Waals surface area contributed by atoms with Crippen LogP contribution >= 0.6 is 0 Å². The Hall–Kier alpha value is -1.93. The van der Waals surface area contributed by atoms with E-state index in [0.29, 0.717) is 23.8 Å². The fraction of sp³-hybridized carbons (Fsp3) is 0.409. The summed E-state index contributed by atoms with van der Waals surface area (Å²) in [5, 5.41) is 12.6. The molecule has 1 aliphatic carbocycles. The highest BCUT2D eigenvalue weighted by atomic mass is 16.3. The van der Waals surface area contributed by atoms with Gasteiger partial charge in [0, 0.05) is 5.56 Å². The van der Waals surface area contributed by atoms with E-state index in [0.717, 1.165) is 0 Å². The predicted octanol–water partition coefficient (Wildman–Crippen LogP) is 4.32. The van der Waals surface area contributed by atoms with E-state index >= 15 is 0 Å². The molecule has 0 radical (unpaired) electrons. The van der Waals surface area contributed by atoms with Gasteiger partial charge in [-0.05, 0) is 53.8 Å². The Morgan fingerprint density at radius 1 is 1.21 bits per heavy atom. The Morgan fingerprint density at radius 2 is 2.00 bits per heavy atom. The van der Waals surface area contributed by atoms with Gasteiger partial charge in [-0.15, -0.1) is 0 Å². The number of fused-ring (bicyclic) bond motifs is 5. The highest BCUT2D eigenvalue weighted by molar-refractivity contribution is 5.98. The van der Waals surface area contributed by atoms with Crippen molar-refractivity contribution in [3.63, 3.8) is 0 Å². The van der Waals surface area contributed by atoms with E-state index in [1.807, 2.05) is 0 Å². The van der Waals surface area contributed by atoms with E-state index in [-0.39, 0.29) is 6.61 Å². The van der Waals surface area contributed by atoms with Gasteiger partial charge in [0.05, 0.1) is 18.4 Å². The Morgan fingerprint density at radius 3 is 2.67 bits per heavy atom. The van der Waals surface area contributed by atoms with Crippen molar-refractivity contribution in [2.45, 2.75) is 45.6 Å². The summed E-state index contributed by atoms with van der Waals surface area (Å²) in [7, 11) is 0. The van der Waals surface area contributed by atoms with Crippen LogP contribution in [0.3, 0.4) is 0 Å². The first-order chi connectivity index (χ1) is 11.6. The van der Waals surface area contributed by atoms with Gasteiger partial charge in [-0.1, -0.05) is 37.6 Å². The number of nitrogens with zero attached hydrogens (tertiary/aromatic N) is 1. The Bertz CT molecular complexity index is 875. The van der Waals surface area contributed by atoms with Gasteiger partial charge in [-0.3, -0.25) is 0 Å². The molecule has 1 fully saturated rings. The second kappa shape index (κ2) is 5.56. The first-order valence-corrected chi connectivity index (χ1v) is 9.00. The minimum Gasteiger partial charge on any atom is -0.396 e. The number of aryl methyl sites for hydroxylation is 1. The van der Waals surface area contributed by atoms with Crippen LogP contribution in [0.5, 0.6) is 0 Å². The molecule has 2 heteroatoms. The maximum absolute atomic E-state index is 9.84. The number of aliphatic hydroxyl groups is 1. The molecule has 2 aromatic carbocycles. The number of rotatable bonds is 3. The average Bonchev–Trinajstić information content (AvgIpc) is 3.28. The molecule has 0 aromatic heterocycles. The standard InChI is InChI=1S/C22H26NO/c1-5-8-23-11-15-10-17(13(2)3)18-9-14(4)6-7-16(18)20(15)21-19(12-24)22(21)23/h5-11,13,19,21-22,24H,12H2,1-4H3/q+1/b8-5-. The van der Waals surface area contributed by atoms with Crippen LogP contribution in [0, 0.1) is 12.8 Å². The zero-order chi connectivity index (χ0) is 17.0. The van der Waals surface area contributed by atoms with Gasteiger partial charge >= 0.3 is 0 Å². The van der Waals surface area contributed by atoms with Crippen molar-refractivity contribution >= 4 is 17.0 Å². The Balaban J connectivity index is 2.03. The molecule has 1 saturated carbocycles. The molecule has 3 atom stereocenters. The van der Waals surface area contributed by atoms with E-state index < -0.39 is 0 Å². The van der Waals surface area contributed by atoms with E-state index in [1.165, 1.54) is 33.0 Å². The van der Waals surface area contributed by atoms with Crippen molar-refractivity contribution in [2.24, 2.45) is 5.92 Å². The highest BCUT2D eigenvalue weighted by Crippen LogP contribution is 2.54. The van der Waals surface area contributed by atoms with Crippen molar-refractivity contribution in [1.29, 1.82) is 0 Å². The zero-order valence-corrected chi connectivity index (χ0v) is 15.0. The van der Waals surface area contributed by atoms with Crippen molar-refractivity contribution in [3.8, 4) is 0 Å². The molecular weight excluding hydrogens is 294 g/mol. The predicted molar refractivity (Wildman–Crippen MR) is 100 cm³/mol. The summed E-state index contributed by atoms with van der Waals surface area (Å²) >= 11 is 0. The minimum atomic E-state index is 0.260. The molecule has 0 amide bonds. The first kappa shape index (κ1) is 15.6. The molecule has 124 valence electrons. The molecule has 2 aliphatic rings. The van der Waals surface area contributed by atoms with Crippen LogP contribution in [0.1, 0.15) is 54.9 Å². The third kappa shape index (κ3) is 2.16. The molecule has 1 heterocycles. The molecule has 2 nitrogen and oxygen atoms in total. The summed E-state index contributed by atoms with van der Waals surface area (Å²) in [6.45, 7) is 9.02. The molecule has 4 rings (SSSR count). The van der Waals surface area contributed by atoms with E-state index in [1.54, 1.807) is 0 Å². The quantitative estimate of drug-likeness (QED) is 0.836. The van der Waals surface area contributed by atoms with Crippen LogP contribution in [0.2, 0.25) is 0 Å². The third-order valence-corrected chi connectivity index (χ3v) is 5.65. The maximum Gasteiger partial charge on any atom is 0.176 e. The van der Waals surface area contributed by atoms with Gasteiger partial charge < -0.3 is 5.11 Å². The van der Waals surface area contributed by atoms with Gasteiger partial charge in [-0.25, -0.2) is 4.58 Å². The first-order valence-electron chi connectivity index (χ1n) is 9.00. The molecule has 3 unspecified atom stereocenters. The zero-order valence-electron chi connectivity index (χ0n) is 15.0. The minimum absolute atomic E-state index is 0.260. The lowest BCUT2D eigenvalue weighted by atomic mass is 9.86. The van der Waals surface area contributed by atoms with Crippen LogP contribution < -0.4 is 0 Å². The molecule has 1 aliphatic heterocycles. The SMILES string of the molecule is C/C=C\[N+]1=Cc2cc(C(C)C)c3cc(C)ccc3c2C2C(CO)C21. The molecule has 1 N–H and O–H groups in total. The van der Waals surface area contributed by atoms with Crippen LogP contribution in [-0.4, -0.2) is 28.5 Å². The molecule has 0 bridgehead atoms. The second-order valence-corrected chi connectivity index (χ2v) is 7.59. The molecule has 0 saturated heterocycles. The van der Waals surface area contributed by atoms with Crippen LogP contribution in [0.25, 0.3) is 10.8 Å². The molecule has 0 spiro atoms. The highest BCUT2D eigenvalue weighted by Gasteiger charge is 2.61. The summed E-state index contributed by atoms with van der Waals surface area (Å²) in [4.78, 5) is 0. The molecular formula is C22H26NO+. The summed E-state index contributed by atoms with van der Waals surface area (Å²) in [6, 6.07) is 9.62. The van der Waals surface area contributed by atoms with Gasteiger partial charge in [0.15, 0.2) is 18.5 Å². The van der Waals surface area contributed by atoms with Gasteiger partial charge in [0.25, 0.3) is 0 Å². The van der Waals surface area contributed by atoms with Crippen LogP contribution in [-0.2, 0) is 0 Å². The van der Waals surface area contributed by atoms with E-state index in [4.69, 9.17) is 0 Å². The van der Waals surface area contributed by atoms with E-state index in [9.17, 15) is 5.11 Å². The summed E-state index contributed by atoms with van der Waals surface area (Å²) < 4.78 is 2.30. The Labute approximate surface area is 144 Å². The van der Waals surface area contributed by atoms with Crippen LogP contribution in [0.4, 0.5) is 0 Å². The van der Waals surface area contributed by atoms with Gasteiger partial charge in [0.1, 0.15) is 0 Å². The smallest absolute Gasteiger partial charge is 0.176 e. The molecule has 2 aromatic rings. The number of hydrogen-bond donors (Lipinski definition) is 1. The second-order valence-electron chi connectivity index (χ2n) is 7.59. The number of benzene rings is 2. The summed E-state index contributed by atoms with van der Waals surface area (Å²) in [6.07, 6.45) is 6.50. The average molecular weight is 320 g/mol. The fourth-order valence-electron chi connectivity index (χ4n) is 4.50. The summed E-state index contributed by atoms with van der Waals surface area (Å²) in [5.74, 6) is 1.28. The van der Waals surface area contributed by atoms with Gasteiger partial charge in [0.2, 0.25) is 0 Å². The fourth-order valence-corrected chi connectivity index (χ4v) is 4.50. The molecule has 24 heavy (non-hydrogen) atoms. The normalized spacial score (nSPS) is 25.1. The van der Waals surface area contributed by atoms with Crippen molar-refractivity contribution in [3.05, 3.63) is 58.8 Å². The maximum atomic E-state index is 9.84. The lowest BCUT2D eigenvalue weighted by Gasteiger charge is -2.18. The van der Waals surface area contributed by atoms with Crippen molar-refractivity contribution in [2.75, 3.05) is 6.61 Å². The van der Waals surface area contributed by atoms with E-state index in [2.05, 4.69) is 75.0 Å². The van der Waals surface area contributed by atoms with Gasteiger partial charge in [-0.2, -0.15) is 0 Å². The van der Waals surface area contributed by atoms with Crippen molar-refractivity contribution < 1.29 is 9.68 Å². The largest absolute Gasteiger partial charge is 0.396 e. The monoisotopic (exact) mass is 320 g/mol. The number of aliphatic hydroxyl groups excluding tert-OH is 1. The van der Waals surface area contributed by atoms with Crippen LogP contribution in [0.15, 0.2) is 36.5 Å². The summed E-state index contributed by atoms with van der Waals surface area (Å²) in [5.41, 5.74) is 5.50. The van der Waals surface area contributed by atoms with Crippen molar-refractivity contribution in [1.82, 2.24) is 0 Å². The third-order valence-electron chi connectivity index (χ3n) is 5.65. The topological polar surface area (TPSA) is 23.2 Å². The number of allylic oxidation sites excluding steroid dienone is 1.